The molecule has 0 N–H and O–H groups in total. The molecule has 4 heteroatoms. The molecule has 0 bridgehead atoms. The van der Waals surface area contributed by atoms with Crippen LogP contribution in [0.5, 0.6) is 0 Å². The summed E-state index contributed by atoms with van der Waals surface area (Å²) in [7, 11) is 0. The summed E-state index contributed by atoms with van der Waals surface area (Å²) in [4.78, 5) is 11.1. The summed E-state index contributed by atoms with van der Waals surface area (Å²) in [6, 6.07) is 0. The maximum Gasteiger partial charge on any atom is 0.335 e. The van der Waals surface area contributed by atoms with Gasteiger partial charge in [-0.15, -0.1) is 0 Å². The third-order valence-electron chi connectivity index (χ3n) is 1.95. The lowest BCUT2D eigenvalue weighted by molar-refractivity contribution is -0.139. The fourth-order valence-corrected chi connectivity index (χ4v) is 1.15. The van der Waals surface area contributed by atoms with Gasteiger partial charge in [-0.1, -0.05) is 6.58 Å². The summed E-state index contributed by atoms with van der Waals surface area (Å²) >= 11 is 0. The summed E-state index contributed by atoms with van der Waals surface area (Å²) in [5.74, 6) is -0.383. The van der Waals surface area contributed by atoms with Crippen LogP contribution in [0.3, 0.4) is 0 Å². The van der Waals surface area contributed by atoms with Crippen LogP contribution in [-0.2, 0) is 19.0 Å². The Bertz CT molecular complexity index is 206. The molecule has 14 heavy (non-hydrogen) atoms. The van der Waals surface area contributed by atoms with Crippen molar-refractivity contribution in [2.45, 2.75) is 19.4 Å². The predicted molar refractivity (Wildman–Crippen MR) is 50.9 cm³/mol. The van der Waals surface area contributed by atoms with E-state index in [0.717, 1.165) is 13.0 Å². The maximum atomic E-state index is 11.1. The molecule has 0 radical (unpaired) electrons. The molecule has 0 aromatic rings. The molecule has 1 atom stereocenters. The average Bonchev–Trinajstić information content (AvgIpc) is 2.67. The molecule has 0 aromatic heterocycles. The van der Waals surface area contributed by atoms with Gasteiger partial charge in [0, 0.05) is 6.61 Å². The Morgan fingerprint density at radius 1 is 1.64 bits per heavy atom. The van der Waals surface area contributed by atoms with E-state index in [9.17, 15) is 4.79 Å². The van der Waals surface area contributed by atoms with E-state index in [1.807, 2.05) is 0 Å². The Hall–Kier alpha value is -0.870. The van der Waals surface area contributed by atoms with Gasteiger partial charge in [0.15, 0.2) is 0 Å². The Morgan fingerprint density at radius 2 is 2.43 bits per heavy atom. The number of rotatable bonds is 5. The van der Waals surface area contributed by atoms with Gasteiger partial charge in [0.05, 0.1) is 31.5 Å². The first-order chi connectivity index (χ1) is 6.74. The summed E-state index contributed by atoms with van der Waals surface area (Å²) < 4.78 is 15.3. The number of carbonyl (C=O) groups is 1. The Labute approximate surface area is 83.8 Å². The molecule has 4 nitrogen and oxygen atoms in total. The van der Waals surface area contributed by atoms with Crippen molar-refractivity contribution in [3.05, 3.63) is 12.2 Å². The molecule has 1 aliphatic heterocycles. The topological polar surface area (TPSA) is 44.8 Å². The third-order valence-corrected chi connectivity index (χ3v) is 1.95. The van der Waals surface area contributed by atoms with Crippen molar-refractivity contribution in [2.75, 3.05) is 26.4 Å². The van der Waals surface area contributed by atoms with Crippen molar-refractivity contribution in [3.8, 4) is 0 Å². The van der Waals surface area contributed by atoms with Gasteiger partial charge in [-0.25, -0.2) is 4.79 Å². The fraction of sp³-hybridized carbons (Fsp3) is 0.700. The van der Waals surface area contributed by atoms with Crippen molar-refractivity contribution in [1.82, 2.24) is 0 Å². The summed E-state index contributed by atoms with van der Waals surface area (Å²) in [6.45, 7) is 7.29. The smallest absolute Gasteiger partial charge is 0.335 e. The molecule has 0 aromatic carbocycles. The van der Waals surface area contributed by atoms with Gasteiger partial charge in [-0.05, 0) is 13.3 Å². The van der Waals surface area contributed by atoms with Crippen LogP contribution < -0.4 is 0 Å². The number of ether oxygens (including phenoxy) is 3. The molecule has 0 saturated carbocycles. The van der Waals surface area contributed by atoms with E-state index in [0.29, 0.717) is 18.8 Å². The van der Waals surface area contributed by atoms with Crippen LogP contribution in [0.15, 0.2) is 12.2 Å². The number of esters is 1. The van der Waals surface area contributed by atoms with Crippen LogP contribution in [-0.4, -0.2) is 38.5 Å². The van der Waals surface area contributed by atoms with E-state index in [4.69, 9.17) is 14.2 Å². The van der Waals surface area contributed by atoms with Crippen molar-refractivity contribution in [3.63, 3.8) is 0 Å². The van der Waals surface area contributed by atoms with Crippen LogP contribution in [0.2, 0.25) is 0 Å². The van der Waals surface area contributed by atoms with E-state index >= 15 is 0 Å². The predicted octanol–water partition coefficient (Wildman–Crippen LogP) is 0.911. The Morgan fingerprint density at radius 3 is 3.00 bits per heavy atom. The monoisotopic (exact) mass is 200 g/mol. The SMILES string of the molecule is C=C(COC1CCOC1)C(=O)OCC. The molecule has 0 spiro atoms. The quantitative estimate of drug-likeness (QED) is 0.489. The molecule has 1 saturated heterocycles. The van der Waals surface area contributed by atoms with Crippen LogP contribution in [0.1, 0.15) is 13.3 Å². The van der Waals surface area contributed by atoms with Crippen molar-refractivity contribution in [1.29, 1.82) is 0 Å². The van der Waals surface area contributed by atoms with Crippen molar-refractivity contribution >= 4 is 5.97 Å². The highest BCUT2D eigenvalue weighted by Gasteiger charge is 2.17. The minimum Gasteiger partial charge on any atom is -0.463 e. The zero-order valence-corrected chi connectivity index (χ0v) is 8.45. The molecular formula is C10H16O4. The van der Waals surface area contributed by atoms with Gasteiger partial charge in [0.2, 0.25) is 0 Å². The molecule has 1 aliphatic rings. The molecular weight excluding hydrogens is 184 g/mol. The average molecular weight is 200 g/mol. The number of hydrogen-bond donors (Lipinski definition) is 0. The van der Waals surface area contributed by atoms with Gasteiger partial charge < -0.3 is 14.2 Å². The Balaban J connectivity index is 2.16. The lowest BCUT2D eigenvalue weighted by Crippen LogP contribution is -2.18. The summed E-state index contributed by atoms with van der Waals surface area (Å²) in [5, 5.41) is 0. The molecule has 0 amide bonds. The van der Waals surface area contributed by atoms with E-state index < -0.39 is 0 Å². The zero-order chi connectivity index (χ0) is 10.4. The maximum absolute atomic E-state index is 11.1. The van der Waals surface area contributed by atoms with Gasteiger partial charge in [-0.3, -0.25) is 0 Å². The van der Waals surface area contributed by atoms with Crippen molar-refractivity contribution in [2.24, 2.45) is 0 Å². The normalized spacial score (nSPS) is 20.8. The minimum atomic E-state index is -0.383. The van der Waals surface area contributed by atoms with Gasteiger partial charge >= 0.3 is 5.97 Å². The van der Waals surface area contributed by atoms with Crippen LogP contribution in [0.25, 0.3) is 0 Å². The Kier molecular flexibility index (Phi) is 4.62. The minimum absolute atomic E-state index is 0.0983. The van der Waals surface area contributed by atoms with E-state index in [1.165, 1.54) is 0 Å². The van der Waals surface area contributed by atoms with Crippen LogP contribution >= 0.6 is 0 Å². The van der Waals surface area contributed by atoms with Crippen molar-refractivity contribution < 1.29 is 19.0 Å². The lowest BCUT2D eigenvalue weighted by Gasteiger charge is -2.10. The second-order valence-corrected chi connectivity index (χ2v) is 3.12. The second kappa shape index (κ2) is 5.78. The highest BCUT2D eigenvalue weighted by molar-refractivity contribution is 5.87. The highest BCUT2D eigenvalue weighted by Crippen LogP contribution is 2.09. The summed E-state index contributed by atoms with van der Waals surface area (Å²) in [6.07, 6.45) is 0.983. The molecule has 1 fully saturated rings. The van der Waals surface area contributed by atoms with Gasteiger partial charge in [0.1, 0.15) is 0 Å². The van der Waals surface area contributed by atoms with E-state index in [2.05, 4.69) is 6.58 Å². The zero-order valence-electron chi connectivity index (χ0n) is 8.45. The first kappa shape index (κ1) is 11.2. The molecule has 1 heterocycles. The van der Waals surface area contributed by atoms with Gasteiger partial charge in [-0.2, -0.15) is 0 Å². The second-order valence-electron chi connectivity index (χ2n) is 3.12. The fourth-order valence-electron chi connectivity index (χ4n) is 1.15. The molecule has 80 valence electrons. The first-order valence-corrected chi connectivity index (χ1v) is 4.78. The molecule has 1 rings (SSSR count). The number of carbonyl (C=O) groups excluding carboxylic acids is 1. The molecule has 0 aliphatic carbocycles. The van der Waals surface area contributed by atoms with Crippen LogP contribution in [0, 0.1) is 0 Å². The lowest BCUT2D eigenvalue weighted by atomic mass is 10.3. The first-order valence-electron chi connectivity index (χ1n) is 4.78. The highest BCUT2D eigenvalue weighted by atomic mass is 16.6. The van der Waals surface area contributed by atoms with Crippen LogP contribution in [0.4, 0.5) is 0 Å². The van der Waals surface area contributed by atoms with E-state index in [-0.39, 0.29) is 18.7 Å². The molecule has 1 unspecified atom stereocenters. The largest absolute Gasteiger partial charge is 0.463 e. The van der Waals surface area contributed by atoms with E-state index in [1.54, 1.807) is 6.92 Å². The third kappa shape index (κ3) is 3.47. The summed E-state index contributed by atoms with van der Waals surface area (Å²) in [5.41, 5.74) is 0.360. The van der Waals surface area contributed by atoms with Gasteiger partial charge in [0.25, 0.3) is 0 Å². The standard InChI is InChI=1S/C10H16O4/c1-3-13-10(11)8(2)6-14-9-4-5-12-7-9/h9H,2-7H2,1H3. The number of hydrogen-bond acceptors (Lipinski definition) is 4.